The third-order valence-electron chi connectivity index (χ3n) is 3.06. The summed E-state index contributed by atoms with van der Waals surface area (Å²) in [6, 6.07) is -1.60. The van der Waals surface area contributed by atoms with Crippen LogP contribution in [0.15, 0.2) is 14.5 Å². The van der Waals surface area contributed by atoms with Gasteiger partial charge in [-0.15, -0.1) is 11.3 Å². The van der Waals surface area contributed by atoms with Gasteiger partial charge in [0, 0.05) is 45.2 Å². The molecule has 2 heterocycles. The summed E-state index contributed by atoms with van der Waals surface area (Å²) in [7, 11) is -11.5. The quantitative estimate of drug-likeness (QED) is 0.635. The molecule has 11 heteroatoms. The van der Waals surface area contributed by atoms with Crippen LogP contribution in [-0.4, -0.2) is 54.4 Å². The summed E-state index contributed by atoms with van der Waals surface area (Å²) in [5.74, 6) is 0. The molecule has 0 saturated carbocycles. The summed E-state index contributed by atoms with van der Waals surface area (Å²) in [6.45, 7) is -7.90. The van der Waals surface area contributed by atoms with Crippen molar-refractivity contribution in [1.82, 2.24) is 9.62 Å². The van der Waals surface area contributed by atoms with Crippen molar-refractivity contribution in [2.24, 2.45) is 5.14 Å². The van der Waals surface area contributed by atoms with Gasteiger partial charge in [0.15, 0.2) is 0 Å². The number of hydrogen-bond acceptors (Lipinski definition) is 7. The Balaban J connectivity index is 2.51. The van der Waals surface area contributed by atoms with Crippen LogP contribution in [0.4, 0.5) is 0 Å². The lowest BCUT2D eigenvalue weighted by atomic mass is 10.1. The minimum Gasteiger partial charge on any atom is -0.385 e. The third-order valence-corrected chi connectivity index (χ3v) is 7.97. The van der Waals surface area contributed by atoms with Crippen LogP contribution in [0, 0.1) is 0 Å². The molecule has 0 aromatic carbocycles. The van der Waals surface area contributed by atoms with Gasteiger partial charge in [0.05, 0.1) is 5.48 Å². The molecule has 1 aliphatic rings. The van der Waals surface area contributed by atoms with Gasteiger partial charge in [-0.3, -0.25) is 0 Å². The second-order valence-corrected chi connectivity index (χ2v) is 9.55. The van der Waals surface area contributed by atoms with Crippen molar-refractivity contribution in [1.29, 1.82) is 0 Å². The van der Waals surface area contributed by atoms with Gasteiger partial charge in [0.1, 0.15) is 8.42 Å². The molecular formula is C12H21N3O5S3. The van der Waals surface area contributed by atoms with E-state index in [2.05, 4.69) is 4.74 Å². The topological polar surface area (TPSA) is 119 Å². The summed E-state index contributed by atoms with van der Waals surface area (Å²) in [6.07, 6.45) is -0.122. The fourth-order valence-electron chi connectivity index (χ4n) is 2.05. The number of sulfonamides is 2. The molecule has 3 N–H and O–H groups in total. The Morgan fingerprint density at radius 1 is 1.70 bits per heavy atom. The lowest BCUT2D eigenvalue weighted by Gasteiger charge is -2.32. The van der Waals surface area contributed by atoms with Crippen LogP contribution in [0.25, 0.3) is 0 Å². The number of fused-ring (bicyclic) bond motifs is 1. The number of hydrogen-bond donors (Lipinski definition) is 2. The molecule has 0 bridgehead atoms. The molecule has 0 radical (unpaired) electrons. The summed E-state index contributed by atoms with van der Waals surface area (Å²) in [5, 5.41) is 7.07. The average Bonchev–Trinajstić information content (AvgIpc) is 3.02. The Hall–Kier alpha value is -0.560. The Kier molecular flexibility index (Phi) is 3.04. The number of nitrogens with two attached hydrogens (primary N) is 1. The van der Waals surface area contributed by atoms with Crippen molar-refractivity contribution in [2.45, 2.75) is 27.7 Å². The maximum atomic E-state index is 13.0. The predicted octanol–water partition coefficient (Wildman–Crippen LogP) is 0.0869. The fourth-order valence-corrected chi connectivity index (χ4v) is 6.23. The van der Waals surface area contributed by atoms with Crippen molar-refractivity contribution in [3.8, 4) is 0 Å². The van der Waals surface area contributed by atoms with E-state index in [-0.39, 0.29) is 30.9 Å². The average molecular weight is 393 g/mol. The molecule has 1 atom stereocenters. The smallest absolute Gasteiger partial charge is 0.252 e. The first-order chi connectivity index (χ1) is 14.1. The van der Waals surface area contributed by atoms with E-state index in [9.17, 15) is 16.8 Å². The summed E-state index contributed by atoms with van der Waals surface area (Å²) in [5.41, 5.74) is -0.463. The van der Waals surface area contributed by atoms with E-state index >= 15 is 0 Å². The molecule has 0 saturated heterocycles. The van der Waals surface area contributed by atoms with Gasteiger partial charge < -0.3 is 10.1 Å². The van der Waals surface area contributed by atoms with Crippen LogP contribution in [0.3, 0.4) is 0 Å². The number of nitrogens with zero attached hydrogens (tertiary/aromatic N) is 1. The Bertz CT molecular complexity index is 1070. The van der Waals surface area contributed by atoms with Gasteiger partial charge in [-0.05, 0) is 19.0 Å². The zero-order valence-corrected chi connectivity index (χ0v) is 14.1. The van der Waals surface area contributed by atoms with E-state index in [1.165, 1.54) is 0 Å². The summed E-state index contributed by atoms with van der Waals surface area (Å²) in [4.78, 5) is 0. The summed E-state index contributed by atoms with van der Waals surface area (Å²) >= 11 is 0.245. The first-order valence-electron chi connectivity index (χ1n) is 10.7. The van der Waals surface area contributed by atoms with Crippen molar-refractivity contribution >= 4 is 31.4 Å². The molecule has 1 aromatic rings. The fraction of sp³-hybridized carbons (Fsp3) is 0.667. The SMILES string of the molecule is [2H]C([2H])([2H])OCCCN1C[C@]([2H])(NC([2H])([2H])C([2H])([2H])[2H])c2cc(S(N)(=O)=O)sc2S1(=O)=O. The molecule has 0 amide bonds. The van der Waals surface area contributed by atoms with Crippen molar-refractivity contribution in [3.05, 3.63) is 11.6 Å². The van der Waals surface area contributed by atoms with Crippen molar-refractivity contribution in [2.75, 3.05) is 33.2 Å². The minimum absolute atomic E-state index is 0.122. The largest absolute Gasteiger partial charge is 0.385 e. The molecule has 0 unspecified atom stereocenters. The molecule has 1 aromatic heterocycles. The van der Waals surface area contributed by atoms with E-state index in [4.69, 9.17) is 17.5 Å². The molecule has 0 fully saturated rings. The van der Waals surface area contributed by atoms with E-state index in [0.29, 0.717) is 4.31 Å². The highest BCUT2D eigenvalue weighted by Crippen LogP contribution is 2.39. The van der Waals surface area contributed by atoms with Crippen LogP contribution in [0.5, 0.6) is 0 Å². The zero-order valence-electron chi connectivity index (χ0n) is 20.7. The van der Waals surface area contributed by atoms with Crippen LogP contribution < -0.4 is 10.5 Å². The minimum atomic E-state index is -4.39. The second kappa shape index (κ2) is 7.13. The Morgan fingerprint density at radius 3 is 3.13 bits per heavy atom. The molecule has 0 spiro atoms. The molecule has 1 aliphatic heterocycles. The standard InChI is InChI=1S/C12H21N3O5S3/c1-3-14-10-8-15(5-4-6-20-2)23(18,19)12-9(10)7-11(21-12)22(13,16)17/h7,10,14H,3-6,8H2,1-2H3,(H2,13,16,17)/t10-/m0/s1/i1D3,2D3,3D2,10D. The van der Waals surface area contributed by atoms with Crippen molar-refractivity contribution < 1.29 is 33.9 Å². The van der Waals surface area contributed by atoms with Gasteiger partial charge in [0.25, 0.3) is 10.0 Å². The molecule has 0 aliphatic carbocycles. The molecular weight excluding hydrogens is 362 g/mol. The maximum Gasteiger partial charge on any atom is 0.252 e. The van der Waals surface area contributed by atoms with Crippen LogP contribution in [0.1, 0.15) is 37.2 Å². The first-order valence-corrected chi connectivity index (χ1v) is 10.0. The third kappa shape index (κ3) is 3.92. The number of methoxy groups -OCH3 is 1. The van der Waals surface area contributed by atoms with Gasteiger partial charge >= 0.3 is 0 Å². The number of likely N-dealkylation sites (N-methyl/N-ethyl adjacent to an activating group) is 1. The molecule has 132 valence electrons. The Morgan fingerprint density at radius 2 is 2.48 bits per heavy atom. The molecule has 23 heavy (non-hydrogen) atoms. The van der Waals surface area contributed by atoms with E-state index < -0.39 is 67.0 Å². The zero-order chi connectivity index (χ0) is 25.0. The molecule has 8 nitrogen and oxygen atoms in total. The first kappa shape index (κ1) is 9.80. The monoisotopic (exact) mass is 392 g/mol. The normalized spacial score (nSPS) is 32.0. The Labute approximate surface area is 153 Å². The predicted molar refractivity (Wildman–Crippen MR) is 87.4 cm³/mol. The molecule has 2 rings (SSSR count). The number of primary sulfonamides is 1. The van der Waals surface area contributed by atoms with Crippen LogP contribution in [0.2, 0.25) is 0 Å². The highest BCUT2D eigenvalue weighted by Gasteiger charge is 2.39. The number of thiophene rings is 1. The van der Waals surface area contributed by atoms with Gasteiger partial charge in [-0.25, -0.2) is 22.0 Å². The lowest BCUT2D eigenvalue weighted by molar-refractivity contribution is 0.185. The van der Waals surface area contributed by atoms with Crippen LogP contribution >= 0.6 is 11.3 Å². The van der Waals surface area contributed by atoms with E-state index in [1.54, 1.807) is 0 Å². The highest BCUT2D eigenvalue weighted by atomic mass is 32.3. The van der Waals surface area contributed by atoms with Gasteiger partial charge in [-0.1, -0.05) is 6.85 Å². The maximum absolute atomic E-state index is 13.0. The lowest BCUT2D eigenvalue weighted by Crippen LogP contribution is -2.43. The van der Waals surface area contributed by atoms with Crippen molar-refractivity contribution in [3.63, 3.8) is 0 Å². The number of nitrogens with one attached hydrogen (secondary N) is 1. The van der Waals surface area contributed by atoms with Gasteiger partial charge in [0.2, 0.25) is 10.0 Å². The number of rotatable bonds is 7. The van der Waals surface area contributed by atoms with E-state index in [1.807, 2.05) is 5.32 Å². The second-order valence-electron chi connectivity index (χ2n) is 4.58. The van der Waals surface area contributed by atoms with E-state index in [0.717, 1.165) is 6.07 Å². The van der Waals surface area contributed by atoms with Crippen LogP contribution in [-0.2, 0) is 24.8 Å². The number of ether oxygens (including phenoxy) is 1. The summed E-state index contributed by atoms with van der Waals surface area (Å²) < 4.78 is 121. The highest BCUT2D eigenvalue weighted by molar-refractivity contribution is 7.94. The van der Waals surface area contributed by atoms with Gasteiger partial charge in [-0.2, -0.15) is 4.31 Å².